The average molecular weight is 364 g/mol. The second-order valence-electron chi connectivity index (χ2n) is 3.22. The van der Waals surface area contributed by atoms with Crippen LogP contribution in [0, 0.1) is 3.57 Å². The highest BCUT2D eigenvalue weighted by molar-refractivity contribution is 14.1. The minimum atomic E-state index is -1.54. The van der Waals surface area contributed by atoms with Gasteiger partial charge in [0.25, 0.3) is 0 Å². The van der Waals surface area contributed by atoms with E-state index in [1.165, 1.54) is 19.2 Å². The van der Waals surface area contributed by atoms with Gasteiger partial charge < -0.3 is 20.1 Å². The molecule has 0 spiro atoms. The first-order chi connectivity index (χ1) is 8.36. The minimum Gasteiger partial charge on any atom is -0.504 e. The van der Waals surface area contributed by atoms with E-state index in [-0.39, 0.29) is 11.5 Å². The topological polar surface area (TPSA) is 104 Å². The zero-order valence-corrected chi connectivity index (χ0v) is 11.3. The van der Waals surface area contributed by atoms with Crippen LogP contribution >= 0.6 is 22.6 Å². The number of carboxylic acid groups (broad SMARTS) is 2. The molecule has 1 aromatic carbocycles. The van der Waals surface area contributed by atoms with Gasteiger partial charge in [-0.3, -0.25) is 0 Å². The number of phenols is 1. The number of aliphatic carboxylic acids is 2. The van der Waals surface area contributed by atoms with Crippen molar-refractivity contribution >= 4 is 40.6 Å². The molecule has 0 heterocycles. The van der Waals surface area contributed by atoms with Gasteiger partial charge in [0.05, 0.1) is 10.7 Å². The SMILES string of the molecule is COc1cc(C=C(C(=O)O)C(=O)O)cc(I)c1O. The van der Waals surface area contributed by atoms with Crippen molar-refractivity contribution in [1.29, 1.82) is 0 Å². The number of hydrogen-bond acceptors (Lipinski definition) is 4. The molecule has 3 N–H and O–H groups in total. The second-order valence-corrected chi connectivity index (χ2v) is 4.38. The number of rotatable bonds is 4. The smallest absolute Gasteiger partial charge is 0.343 e. The molecule has 0 saturated carbocycles. The van der Waals surface area contributed by atoms with Gasteiger partial charge in [0.1, 0.15) is 5.57 Å². The molecule has 0 aliphatic heterocycles. The summed E-state index contributed by atoms with van der Waals surface area (Å²) >= 11 is 1.83. The first kappa shape index (κ1) is 14.3. The van der Waals surface area contributed by atoms with Crippen molar-refractivity contribution in [3.05, 3.63) is 26.8 Å². The second kappa shape index (κ2) is 5.71. The third-order valence-corrected chi connectivity index (χ3v) is 2.86. The number of ether oxygens (including phenoxy) is 1. The highest BCUT2D eigenvalue weighted by Gasteiger charge is 2.17. The van der Waals surface area contributed by atoms with Crippen molar-refractivity contribution in [1.82, 2.24) is 0 Å². The number of aromatic hydroxyl groups is 1. The van der Waals surface area contributed by atoms with Crippen LogP contribution in [0.3, 0.4) is 0 Å². The summed E-state index contributed by atoms with van der Waals surface area (Å²) in [4.78, 5) is 21.4. The van der Waals surface area contributed by atoms with Gasteiger partial charge in [-0.25, -0.2) is 9.59 Å². The molecule has 0 aliphatic rings. The summed E-state index contributed by atoms with van der Waals surface area (Å²) in [5.74, 6) is -3.01. The molecule has 1 rings (SSSR count). The lowest BCUT2D eigenvalue weighted by Gasteiger charge is -2.07. The van der Waals surface area contributed by atoms with Crippen molar-refractivity contribution in [2.24, 2.45) is 0 Å². The van der Waals surface area contributed by atoms with E-state index in [1.54, 1.807) is 0 Å². The Morgan fingerprint density at radius 2 is 1.83 bits per heavy atom. The Morgan fingerprint density at radius 1 is 1.28 bits per heavy atom. The Morgan fingerprint density at radius 3 is 2.28 bits per heavy atom. The third kappa shape index (κ3) is 3.13. The minimum absolute atomic E-state index is 0.0811. The van der Waals surface area contributed by atoms with Crippen LogP contribution in [0.4, 0.5) is 0 Å². The maximum atomic E-state index is 10.7. The molecule has 0 saturated heterocycles. The van der Waals surface area contributed by atoms with Crippen molar-refractivity contribution in [3.8, 4) is 11.5 Å². The predicted molar refractivity (Wildman–Crippen MR) is 70.6 cm³/mol. The normalized spacial score (nSPS) is 9.67. The van der Waals surface area contributed by atoms with Crippen LogP contribution < -0.4 is 4.74 Å². The van der Waals surface area contributed by atoms with Crippen LogP contribution in [-0.2, 0) is 9.59 Å². The molecule has 96 valence electrons. The lowest BCUT2D eigenvalue weighted by molar-refractivity contribution is -0.140. The summed E-state index contributed by atoms with van der Waals surface area (Å²) in [5, 5.41) is 27.0. The third-order valence-electron chi connectivity index (χ3n) is 2.04. The van der Waals surface area contributed by atoms with Gasteiger partial charge in [-0.2, -0.15) is 0 Å². The molecule has 0 bridgehead atoms. The van der Waals surface area contributed by atoms with Gasteiger partial charge in [0.2, 0.25) is 0 Å². The van der Waals surface area contributed by atoms with Crippen LogP contribution in [0.5, 0.6) is 11.5 Å². The van der Waals surface area contributed by atoms with Gasteiger partial charge in [-0.05, 0) is 46.4 Å². The standard InChI is InChI=1S/C11H9IO6/c1-18-8-4-5(3-7(12)9(8)13)2-6(10(14)15)11(16)17/h2-4,13H,1H3,(H,14,15)(H,16,17). The lowest BCUT2D eigenvalue weighted by Crippen LogP contribution is -2.10. The van der Waals surface area contributed by atoms with Gasteiger partial charge >= 0.3 is 11.9 Å². The van der Waals surface area contributed by atoms with Gasteiger partial charge in [-0.15, -0.1) is 0 Å². The summed E-state index contributed by atoms with van der Waals surface area (Å²) in [6, 6.07) is 2.80. The van der Waals surface area contributed by atoms with E-state index in [0.29, 0.717) is 9.13 Å². The quantitative estimate of drug-likeness (QED) is 0.324. The Bertz CT molecular complexity index is 519. The number of methoxy groups -OCH3 is 1. The molecule has 0 amide bonds. The molecular formula is C11H9IO6. The fraction of sp³-hybridized carbons (Fsp3) is 0.0909. The molecule has 0 fully saturated rings. The number of carbonyl (C=O) groups is 2. The zero-order chi connectivity index (χ0) is 13.9. The maximum absolute atomic E-state index is 10.7. The molecule has 6 nitrogen and oxygen atoms in total. The van der Waals surface area contributed by atoms with Crippen LogP contribution in [0.1, 0.15) is 5.56 Å². The van der Waals surface area contributed by atoms with E-state index in [1.807, 2.05) is 22.6 Å². The van der Waals surface area contributed by atoms with Crippen molar-refractivity contribution in [2.45, 2.75) is 0 Å². The number of phenolic OH excluding ortho intramolecular Hbond substituents is 1. The maximum Gasteiger partial charge on any atom is 0.343 e. The van der Waals surface area contributed by atoms with E-state index >= 15 is 0 Å². The monoisotopic (exact) mass is 364 g/mol. The Labute approximate surface area is 116 Å². The first-order valence-corrected chi connectivity index (χ1v) is 5.69. The highest BCUT2D eigenvalue weighted by Crippen LogP contribution is 2.33. The molecule has 0 aliphatic carbocycles. The fourth-order valence-corrected chi connectivity index (χ4v) is 1.84. The molecule has 1 aromatic rings. The summed E-state index contributed by atoms with van der Waals surface area (Å²) in [6.07, 6.45) is 0.995. The summed E-state index contributed by atoms with van der Waals surface area (Å²) in [7, 11) is 1.34. The number of hydrogen-bond donors (Lipinski definition) is 3. The van der Waals surface area contributed by atoms with Crippen molar-refractivity contribution < 1.29 is 29.6 Å². The average Bonchev–Trinajstić information content (AvgIpc) is 2.29. The Balaban J connectivity index is 3.34. The van der Waals surface area contributed by atoms with Crippen LogP contribution in [0.2, 0.25) is 0 Å². The Hall–Kier alpha value is -1.77. The predicted octanol–water partition coefficient (Wildman–Crippen LogP) is 1.56. The largest absolute Gasteiger partial charge is 0.504 e. The van der Waals surface area contributed by atoms with Crippen molar-refractivity contribution in [3.63, 3.8) is 0 Å². The molecule has 0 unspecified atom stereocenters. The first-order valence-electron chi connectivity index (χ1n) is 4.61. The van der Waals surface area contributed by atoms with Gasteiger partial charge in [0.15, 0.2) is 11.5 Å². The van der Waals surface area contributed by atoms with Crippen LogP contribution in [0.25, 0.3) is 6.08 Å². The summed E-state index contributed by atoms with van der Waals surface area (Å²) in [5.41, 5.74) is -0.451. The molecule has 0 aromatic heterocycles. The van der Waals surface area contributed by atoms with Crippen LogP contribution in [-0.4, -0.2) is 34.4 Å². The Kier molecular flexibility index (Phi) is 4.54. The fourth-order valence-electron chi connectivity index (χ4n) is 1.21. The molecule has 18 heavy (non-hydrogen) atoms. The van der Waals surface area contributed by atoms with Crippen LogP contribution in [0.15, 0.2) is 17.7 Å². The van der Waals surface area contributed by atoms with Gasteiger partial charge in [-0.1, -0.05) is 0 Å². The summed E-state index contributed by atoms with van der Waals surface area (Å²) < 4.78 is 5.31. The highest BCUT2D eigenvalue weighted by atomic mass is 127. The zero-order valence-electron chi connectivity index (χ0n) is 9.18. The molecule has 0 radical (unpaired) electrons. The summed E-state index contributed by atoms with van der Waals surface area (Å²) in [6.45, 7) is 0. The number of benzene rings is 1. The number of halogens is 1. The van der Waals surface area contributed by atoms with Crippen molar-refractivity contribution in [2.75, 3.05) is 7.11 Å². The van der Waals surface area contributed by atoms with E-state index < -0.39 is 17.5 Å². The molecular weight excluding hydrogens is 355 g/mol. The van der Waals surface area contributed by atoms with E-state index in [2.05, 4.69) is 0 Å². The lowest BCUT2D eigenvalue weighted by atomic mass is 10.1. The van der Waals surface area contributed by atoms with E-state index in [9.17, 15) is 14.7 Å². The van der Waals surface area contributed by atoms with E-state index in [4.69, 9.17) is 14.9 Å². The number of carboxylic acids is 2. The van der Waals surface area contributed by atoms with Gasteiger partial charge in [0, 0.05) is 0 Å². The molecule has 7 heteroatoms. The van der Waals surface area contributed by atoms with E-state index in [0.717, 1.165) is 6.08 Å². The molecule has 0 atom stereocenters.